The molecule has 0 aliphatic rings. The second-order valence-corrected chi connectivity index (χ2v) is 9.93. The van der Waals surface area contributed by atoms with Crippen LogP contribution in [0.5, 0.6) is 5.75 Å². The highest BCUT2D eigenvalue weighted by molar-refractivity contribution is 9.10. The Bertz CT molecular complexity index is 1320. The van der Waals surface area contributed by atoms with E-state index in [1.165, 1.54) is 55.6 Å². The zero-order valence-corrected chi connectivity index (χ0v) is 20.6. The van der Waals surface area contributed by atoms with E-state index < -0.39 is 46.7 Å². The first-order valence-electron chi connectivity index (χ1n) is 9.94. The number of ether oxygens (including phenoxy) is 2. The summed E-state index contributed by atoms with van der Waals surface area (Å²) in [6.07, 6.45) is 0. The second-order valence-electron chi connectivity index (χ2n) is 7.04. The molecule has 3 aromatic carbocycles. The standard InChI is InChI=1S/C23H19BrF2N2O6S/c1-28(35(31,32)19-9-3-16(25)4-10-19)17-5-7-18(8-6-17)33-14-23(30)34-13-22(29)27-21-11-2-15(24)12-20(21)26/h2-12H,13-14H2,1H3,(H,27,29). The normalized spacial score (nSPS) is 11.0. The van der Waals surface area contributed by atoms with E-state index in [0.717, 1.165) is 16.4 Å². The van der Waals surface area contributed by atoms with Crippen molar-refractivity contribution in [2.45, 2.75) is 4.90 Å². The summed E-state index contributed by atoms with van der Waals surface area (Å²) in [5.74, 6) is -2.52. The highest BCUT2D eigenvalue weighted by Gasteiger charge is 2.21. The average molecular weight is 569 g/mol. The molecule has 0 radical (unpaired) electrons. The number of nitrogens with one attached hydrogen (secondary N) is 1. The van der Waals surface area contributed by atoms with E-state index >= 15 is 0 Å². The van der Waals surface area contributed by atoms with Gasteiger partial charge in [-0.3, -0.25) is 9.10 Å². The fraction of sp³-hybridized carbons (Fsp3) is 0.130. The van der Waals surface area contributed by atoms with Crippen molar-refractivity contribution in [3.63, 3.8) is 0 Å². The number of amides is 1. The molecule has 3 rings (SSSR count). The quantitative estimate of drug-likeness (QED) is 0.390. The molecule has 12 heteroatoms. The Hall–Kier alpha value is -3.51. The molecule has 8 nitrogen and oxygen atoms in total. The molecular weight excluding hydrogens is 550 g/mol. The number of benzene rings is 3. The van der Waals surface area contributed by atoms with E-state index in [0.29, 0.717) is 10.2 Å². The first kappa shape index (κ1) is 26.1. The second kappa shape index (κ2) is 11.3. The summed E-state index contributed by atoms with van der Waals surface area (Å²) in [5.41, 5.74) is 0.248. The highest BCUT2D eigenvalue weighted by atomic mass is 79.9. The van der Waals surface area contributed by atoms with Crippen LogP contribution >= 0.6 is 15.9 Å². The van der Waals surface area contributed by atoms with E-state index in [2.05, 4.69) is 21.2 Å². The van der Waals surface area contributed by atoms with Crippen LogP contribution in [0.2, 0.25) is 0 Å². The van der Waals surface area contributed by atoms with Gasteiger partial charge in [0.15, 0.2) is 13.2 Å². The molecule has 0 aliphatic heterocycles. The molecule has 0 aromatic heterocycles. The lowest BCUT2D eigenvalue weighted by atomic mass is 10.3. The van der Waals surface area contributed by atoms with Crippen molar-refractivity contribution in [3.05, 3.63) is 82.8 Å². The largest absolute Gasteiger partial charge is 0.482 e. The van der Waals surface area contributed by atoms with Crippen molar-refractivity contribution < 1.29 is 36.3 Å². The summed E-state index contributed by atoms with van der Waals surface area (Å²) < 4.78 is 63.8. The summed E-state index contributed by atoms with van der Waals surface area (Å²) in [6.45, 7) is -1.15. The maximum atomic E-state index is 13.7. The summed E-state index contributed by atoms with van der Waals surface area (Å²) in [7, 11) is -2.56. The number of rotatable bonds is 9. The van der Waals surface area contributed by atoms with Gasteiger partial charge in [-0.2, -0.15) is 0 Å². The van der Waals surface area contributed by atoms with Crippen molar-refractivity contribution in [2.24, 2.45) is 0 Å². The van der Waals surface area contributed by atoms with Crippen molar-refractivity contribution in [1.82, 2.24) is 0 Å². The molecule has 0 spiro atoms. The van der Waals surface area contributed by atoms with Crippen LogP contribution in [0, 0.1) is 11.6 Å². The number of nitrogens with zero attached hydrogens (tertiary/aromatic N) is 1. The zero-order chi connectivity index (χ0) is 25.6. The minimum absolute atomic E-state index is 0.0583. The van der Waals surface area contributed by atoms with Crippen LogP contribution in [0.3, 0.4) is 0 Å². The van der Waals surface area contributed by atoms with Gasteiger partial charge in [0.2, 0.25) is 0 Å². The van der Waals surface area contributed by atoms with Gasteiger partial charge in [0.05, 0.1) is 16.3 Å². The molecule has 0 unspecified atom stereocenters. The molecule has 35 heavy (non-hydrogen) atoms. The van der Waals surface area contributed by atoms with Gasteiger partial charge in [-0.15, -0.1) is 0 Å². The van der Waals surface area contributed by atoms with Crippen LogP contribution in [0.4, 0.5) is 20.2 Å². The number of carbonyl (C=O) groups is 2. The molecule has 0 heterocycles. The fourth-order valence-corrected chi connectivity index (χ4v) is 4.29. The average Bonchev–Trinajstić information content (AvgIpc) is 2.83. The number of carbonyl (C=O) groups excluding carboxylic acids is 2. The first-order valence-corrected chi connectivity index (χ1v) is 12.2. The van der Waals surface area contributed by atoms with Crippen LogP contribution in [0.15, 0.2) is 76.1 Å². The first-order chi connectivity index (χ1) is 16.6. The van der Waals surface area contributed by atoms with Gasteiger partial charge in [-0.05, 0) is 66.7 Å². The highest BCUT2D eigenvalue weighted by Crippen LogP contribution is 2.24. The maximum absolute atomic E-state index is 13.7. The number of hydrogen-bond donors (Lipinski definition) is 1. The number of hydrogen-bond acceptors (Lipinski definition) is 6. The topological polar surface area (TPSA) is 102 Å². The minimum Gasteiger partial charge on any atom is -0.482 e. The van der Waals surface area contributed by atoms with E-state index in [-0.39, 0.29) is 16.3 Å². The molecule has 1 amide bonds. The van der Waals surface area contributed by atoms with Crippen molar-refractivity contribution in [1.29, 1.82) is 0 Å². The number of esters is 1. The van der Waals surface area contributed by atoms with Crippen LogP contribution in [-0.2, 0) is 24.3 Å². The van der Waals surface area contributed by atoms with E-state index in [1.807, 2.05) is 0 Å². The molecule has 184 valence electrons. The van der Waals surface area contributed by atoms with Gasteiger partial charge in [0.1, 0.15) is 17.4 Å². The third-order valence-corrected chi connectivity index (χ3v) is 6.89. The number of anilines is 2. The Labute approximate surface area is 208 Å². The maximum Gasteiger partial charge on any atom is 0.344 e. The Kier molecular flexibility index (Phi) is 8.41. The Morgan fingerprint density at radius 2 is 1.63 bits per heavy atom. The molecular formula is C23H19BrF2N2O6S. The molecule has 0 saturated heterocycles. The van der Waals surface area contributed by atoms with Gasteiger partial charge in [0, 0.05) is 11.5 Å². The lowest BCUT2D eigenvalue weighted by Gasteiger charge is -2.19. The SMILES string of the molecule is CN(c1ccc(OCC(=O)OCC(=O)Nc2ccc(Br)cc2F)cc1)S(=O)(=O)c1ccc(F)cc1. The van der Waals surface area contributed by atoms with Crippen molar-refractivity contribution >= 4 is 49.2 Å². The van der Waals surface area contributed by atoms with Crippen molar-refractivity contribution in [3.8, 4) is 5.75 Å². The Balaban J connectivity index is 1.49. The smallest absolute Gasteiger partial charge is 0.344 e. The van der Waals surface area contributed by atoms with Gasteiger partial charge >= 0.3 is 5.97 Å². The molecule has 0 aliphatic carbocycles. The number of sulfonamides is 1. The minimum atomic E-state index is -3.90. The lowest BCUT2D eigenvalue weighted by molar-refractivity contribution is -0.149. The van der Waals surface area contributed by atoms with E-state index in [9.17, 15) is 26.8 Å². The summed E-state index contributed by atoms with van der Waals surface area (Å²) in [4.78, 5) is 23.6. The number of halogens is 3. The summed E-state index contributed by atoms with van der Waals surface area (Å²) in [6, 6.07) is 14.3. The predicted octanol–water partition coefficient (Wildman–Crippen LogP) is 4.11. The Morgan fingerprint density at radius 3 is 2.26 bits per heavy atom. The van der Waals surface area contributed by atoms with Crippen LogP contribution in [-0.4, -0.2) is 40.6 Å². The molecule has 0 atom stereocenters. The molecule has 0 saturated carbocycles. The van der Waals surface area contributed by atoms with Gasteiger partial charge in [-0.1, -0.05) is 15.9 Å². The molecule has 1 N–H and O–H groups in total. The molecule has 3 aromatic rings. The summed E-state index contributed by atoms with van der Waals surface area (Å²) in [5, 5.41) is 2.28. The van der Waals surface area contributed by atoms with Crippen LogP contribution < -0.4 is 14.4 Å². The van der Waals surface area contributed by atoms with Crippen molar-refractivity contribution in [2.75, 3.05) is 29.9 Å². The molecule has 0 bridgehead atoms. The van der Waals surface area contributed by atoms with E-state index in [1.54, 1.807) is 6.07 Å². The fourth-order valence-electron chi connectivity index (χ4n) is 2.76. The third-order valence-electron chi connectivity index (χ3n) is 4.60. The lowest BCUT2D eigenvalue weighted by Crippen LogP contribution is -2.26. The monoisotopic (exact) mass is 568 g/mol. The predicted molar refractivity (Wildman–Crippen MR) is 128 cm³/mol. The van der Waals surface area contributed by atoms with E-state index in [4.69, 9.17) is 9.47 Å². The zero-order valence-electron chi connectivity index (χ0n) is 18.2. The molecule has 0 fully saturated rings. The Morgan fingerprint density at radius 1 is 0.971 bits per heavy atom. The van der Waals surface area contributed by atoms with Gasteiger partial charge in [-0.25, -0.2) is 22.0 Å². The third kappa shape index (κ3) is 6.99. The van der Waals surface area contributed by atoms with Crippen LogP contribution in [0.25, 0.3) is 0 Å². The van der Waals surface area contributed by atoms with Gasteiger partial charge < -0.3 is 14.8 Å². The summed E-state index contributed by atoms with van der Waals surface area (Å²) >= 11 is 3.10. The van der Waals surface area contributed by atoms with Gasteiger partial charge in [0.25, 0.3) is 15.9 Å². The van der Waals surface area contributed by atoms with Crippen LogP contribution in [0.1, 0.15) is 0 Å².